The molecule has 0 aliphatic heterocycles. The van der Waals surface area contributed by atoms with Gasteiger partial charge in [0.05, 0.1) is 0 Å². The quantitative estimate of drug-likeness (QED) is 0.498. The highest BCUT2D eigenvalue weighted by Crippen LogP contribution is 2.52. The van der Waals surface area contributed by atoms with Gasteiger partial charge in [-0.25, -0.2) is 0 Å². The van der Waals surface area contributed by atoms with E-state index in [1.807, 2.05) is 0 Å². The van der Waals surface area contributed by atoms with Gasteiger partial charge < -0.3 is 0 Å². The van der Waals surface area contributed by atoms with E-state index in [9.17, 15) is 0 Å². The zero-order valence-corrected chi connectivity index (χ0v) is 7.13. The normalized spacial score (nSPS) is 34.0. The Hall–Kier alpha value is 0.290. The van der Waals surface area contributed by atoms with Gasteiger partial charge in [0, 0.05) is 5.38 Å². The van der Waals surface area contributed by atoms with Crippen LogP contribution in [-0.4, -0.2) is 5.38 Å². The van der Waals surface area contributed by atoms with Crippen LogP contribution in [-0.2, 0) is 0 Å². The van der Waals surface area contributed by atoms with E-state index in [0.29, 0.717) is 10.8 Å². The second-order valence-corrected chi connectivity index (χ2v) is 3.96. The summed E-state index contributed by atoms with van der Waals surface area (Å²) in [6.07, 6.45) is 2.32. The van der Waals surface area contributed by atoms with E-state index in [0.717, 1.165) is 12.8 Å². The van der Waals surface area contributed by atoms with Gasteiger partial charge in [0.15, 0.2) is 0 Å². The number of halogens is 1. The highest BCUT2D eigenvalue weighted by molar-refractivity contribution is 6.23. The van der Waals surface area contributed by atoms with E-state index >= 15 is 0 Å². The maximum Gasteiger partial charge on any atom is 0.0408 e. The van der Waals surface area contributed by atoms with E-state index in [-0.39, 0.29) is 0 Å². The monoisotopic (exact) mass is 145 g/mol. The number of hydrogen-bond acceptors (Lipinski definition) is 0. The van der Waals surface area contributed by atoms with Crippen molar-refractivity contribution in [2.75, 3.05) is 0 Å². The van der Waals surface area contributed by atoms with Gasteiger partial charge in [0.1, 0.15) is 0 Å². The third kappa shape index (κ3) is 1.10. The Balaban J connectivity index is 2.48. The molecule has 1 fully saturated rings. The first-order chi connectivity index (χ1) is 4.08. The fourth-order valence-corrected chi connectivity index (χ4v) is 2.53. The van der Waals surface area contributed by atoms with Crippen LogP contribution >= 0.6 is 11.6 Å². The minimum atomic E-state index is 0.380. The molecule has 1 rings (SSSR count). The minimum absolute atomic E-state index is 0.380. The molecule has 1 atom stereocenters. The van der Waals surface area contributed by atoms with Gasteiger partial charge in [0.2, 0.25) is 0 Å². The van der Waals surface area contributed by atoms with E-state index in [1.54, 1.807) is 0 Å². The molecule has 1 heteroatoms. The van der Waals surface area contributed by atoms with E-state index < -0.39 is 0 Å². The second kappa shape index (κ2) is 2.16. The van der Waals surface area contributed by atoms with Crippen LogP contribution in [0, 0.1) is 11.3 Å². The largest absolute Gasteiger partial charge is 0.122 e. The van der Waals surface area contributed by atoms with Crippen molar-refractivity contribution in [1.29, 1.82) is 0 Å². The van der Waals surface area contributed by atoms with E-state index in [2.05, 4.69) is 20.8 Å². The molecule has 0 amide bonds. The highest BCUT2D eigenvalue weighted by atomic mass is 35.5. The molecule has 0 aromatic carbocycles. The highest BCUT2D eigenvalue weighted by Gasteiger charge is 2.45. The van der Waals surface area contributed by atoms with Gasteiger partial charge in [-0.3, -0.25) is 0 Å². The molecule has 0 spiro atoms. The van der Waals surface area contributed by atoms with Crippen molar-refractivity contribution in [3.05, 3.63) is 5.92 Å². The van der Waals surface area contributed by atoms with E-state index in [1.165, 1.54) is 5.92 Å². The summed E-state index contributed by atoms with van der Waals surface area (Å²) in [5.74, 6) is 1.53. The maximum atomic E-state index is 5.96. The average molecular weight is 146 g/mol. The standard InChI is InChI=1S/C8H14Cl/c1-4-6-7(9)5-8(6,2)3/h7H,4-5H2,1-3H3. The maximum absolute atomic E-state index is 5.96. The predicted octanol–water partition coefficient (Wildman–Crippen LogP) is 3.01. The van der Waals surface area contributed by atoms with E-state index in [4.69, 9.17) is 11.6 Å². The van der Waals surface area contributed by atoms with Crippen LogP contribution in [0.2, 0.25) is 0 Å². The van der Waals surface area contributed by atoms with Crippen molar-refractivity contribution in [3.8, 4) is 0 Å². The van der Waals surface area contributed by atoms with Gasteiger partial charge >= 0.3 is 0 Å². The SMILES string of the molecule is CC[C]1C(Cl)CC1(C)C. The summed E-state index contributed by atoms with van der Waals surface area (Å²) in [7, 11) is 0. The molecule has 0 nitrogen and oxygen atoms in total. The zero-order valence-electron chi connectivity index (χ0n) is 6.37. The topological polar surface area (TPSA) is 0 Å². The fraction of sp³-hybridized carbons (Fsp3) is 0.875. The van der Waals surface area contributed by atoms with Gasteiger partial charge in [-0.1, -0.05) is 20.8 Å². The molecule has 0 bridgehead atoms. The predicted molar refractivity (Wildman–Crippen MR) is 41.6 cm³/mol. The summed E-state index contributed by atoms with van der Waals surface area (Å²) in [5, 5.41) is 0.380. The Labute approximate surface area is 62.6 Å². The van der Waals surface area contributed by atoms with Crippen molar-refractivity contribution in [1.82, 2.24) is 0 Å². The Bertz CT molecular complexity index is 107. The van der Waals surface area contributed by atoms with Crippen LogP contribution in [0.15, 0.2) is 0 Å². The Morgan fingerprint density at radius 2 is 2.22 bits per heavy atom. The fourth-order valence-electron chi connectivity index (χ4n) is 1.70. The van der Waals surface area contributed by atoms with Gasteiger partial charge in [0.25, 0.3) is 0 Å². The molecule has 1 radical (unpaired) electrons. The van der Waals surface area contributed by atoms with Crippen molar-refractivity contribution < 1.29 is 0 Å². The van der Waals surface area contributed by atoms with Crippen molar-refractivity contribution >= 4 is 11.6 Å². The second-order valence-electron chi connectivity index (χ2n) is 3.43. The Kier molecular flexibility index (Phi) is 1.77. The summed E-state index contributed by atoms with van der Waals surface area (Å²) < 4.78 is 0. The van der Waals surface area contributed by atoms with Crippen LogP contribution in [0.3, 0.4) is 0 Å². The first-order valence-corrected chi connectivity index (χ1v) is 4.02. The average Bonchev–Trinajstić information content (AvgIpc) is 1.63. The summed E-state index contributed by atoms with van der Waals surface area (Å²) in [6.45, 7) is 6.72. The van der Waals surface area contributed by atoms with Crippen LogP contribution in [0.5, 0.6) is 0 Å². The lowest BCUT2D eigenvalue weighted by atomic mass is 9.61. The molecular weight excluding hydrogens is 132 g/mol. The molecule has 1 aliphatic rings. The first-order valence-electron chi connectivity index (χ1n) is 3.58. The smallest absolute Gasteiger partial charge is 0.0408 e. The third-order valence-electron chi connectivity index (χ3n) is 2.32. The van der Waals surface area contributed by atoms with Crippen LogP contribution < -0.4 is 0 Å². The lowest BCUT2D eigenvalue weighted by molar-refractivity contribution is 0.230. The molecule has 0 aromatic rings. The summed E-state index contributed by atoms with van der Waals surface area (Å²) in [5.41, 5.74) is 0.446. The first kappa shape index (κ1) is 7.40. The van der Waals surface area contributed by atoms with Crippen LogP contribution in [0.4, 0.5) is 0 Å². The zero-order chi connectivity index (χ0) is 7.07. The van der Waals surface area contributed by atoms with Crippen molar-refractivity contribution in [3.63, 3.8) is 0 Å². The number of rotatable bonds is 1. The lowest BCUT2D eigenvalue weighted by Crippen LogP contribution is -2.42. The molecule has 0 saturated heterocycles. The molecule has 0 heterocycles. The number of alkyl halides is 1. The summed E-state index contributed by atoms with van der Waals surface area (Å²) in [6, 6.07) is 0. The lowest BCUT2D eigenvalue weighted by Gasteiger charge is -2.47. The molecule has 0 N–H and O–H groups in total. The molecule has 1 saturated carbocycles. The van der Waals surface area contributed by atoms with Crippen molar-refractivity contribution in [2.24, 2.45) is 5.41 Å². The molecular formula is C8H14Cl. The molecule has 0 aromatic heterocycles. The summed E-state index contributed by atoms with van der Waals surface area (Å²) in [4.78, 5) is 0. The number of hydrogen-bond donors (Lipinski definition) is 0. The van der Waals surface area contributed by atoms with Crippen LogP contribution in [0.25, 0.3) is 0 Å². The van der Waals surface area contributed by atoms with Crippen molar-refractivity contribution in [2.45, 2.75) is 39.0 Å². The van der Waals surface area contributed by atoms with Crippen LogP contribution in [0.1, 0.15) is 33.6 Å². The molecule has 1 unspecified atom stereocenters. The molecule has 1 aliphatic carbocycles. The Morgan fingerprint density at radius 1 is 1.67 bits per heavy atom. The molecule has 53 valence electrons. The minimum Gasteiger partial charge on any atom is -0.122 e. The van der Waals surface area contributed by atoms with Gasteiger partial charge in [-0.15, -0.1) is 11.6 Å². The Morgan fingerprint density at radius 3 is 2.33 bits per heavy atom. The third-order valence-corrected chi connectivity index (χ3v) is 2.74. The molecule has 9 heavy (non-hydrogen) atoms. The van der Waals surface area contributed by atoms with Gasteiger partial charge in [-0.05, 0) is 24.2 Å². The summed E-state index contributed by atoms with van der Waals surface area (Å²) >= 11 is 5.96. The van der Waals surface area contributed by atoms with Gasteiger partial charge in [-0.2, -0.15) is 0 Å².